The van der Waals surface area contributed by atoms with Crippen LogP contribution in [0.2, 0.25) is 0 Å². The predicted octanol–water partition coefficient (Wildman–Crippen LogP) is 1.17. The number of fused-ring (bicyclic) bond motifs is 1. The smallest absolute Gasteiger partial charge is 0.152 e. The molecule has 1 aliphatic heterocycles. The molecule has 1 fully saturated rings. The fourth-order valence-electron chi connectivity index (χ4n) is 2.63. The van der Waals surface area contributed by atoms with Crippen molar-refractivity contribution in [2.75, 3.05) is 44.6 Å². The number of aromatic nitrogens is 3. The molecule has 3 heterocycles. The molecule has 0 aromatic carbocycles. The molecule has 0 atom stereocenters. The van der Waals surface area contributed by atoms with Crippen LogP contribution >= 0.6 is 0 Å². The average Bonchev–Trinajstić information content (AvgIpc) is 2.94. The molecule has 1 aliphatic rings. The first-order valence-corrected chi connectivity index (χ1v) is 7.75. The van der Waals surface area contributed by atoms with Crippen molar-refractivity contribution in [1.29, 1.82) is 0 Å². The van der Waals surface area contributed by atoms with Gasteiger partial charge in [-0.25, -0.2) is 9.50 Å². The Balaban J connectivity index is 1.65. The van der Waals surface area contributed by atoms with E-state index in [4.69, 9.17) is 0 Å². The van der Waals surface area contributed by atoms with E-state index in [2.05, 4.69) is 45.5 Å². The van der Waals surface area contributed by atoms with Gasteiger partial charge in [0.15, 0.2) is 5.82 Å². The van der Waals surface area contributed by atoms with Crippen LogP contribution < -0.4 is 10.6 Å². The van der Waals surface area contributed by atoms with Crippen molar-refractivity contribution in [2.24, 2.45) is 0 Å². The highest BCUT2D eigenvalue weighted by Gasteiger charge is 2.11. The largest absolute Gasteiger partial charge is 0.367 e. The van der Waals surface area contributed by atoms with E-state index in [0.717, 1.165) is 56.3 Å². The third-order valence-electron chi connectivity index (χ3n) is 3.93. The monoisotopic (exact) mass is 288 g/mol. The Morgan fingerprint density at radius 2 is 2.14 bits per heavy atom. The van der Waals surface area contributed by atoms with Crippen LogP contribution in [0.25, 0.3) is 5.52 Å². The van der Waals surface area contributed by atoms with E-state index in [1.807, 2.05) is 10.7 Å². The van der Waals surface area contributed by atoms with Crippen LogP contribution in [0, 0.1) is 0 Å². The second-order valence-corrected chi connectivity index (χ2v) is 5.85. The Hall–Kier alpha value is -1.66. The number of hydrogen-bond acceptors (Lipinski definition) is 5. The first-order valence-electron chi connectivity index (χ1n) is 7.75. The second-order valence-electron chi connectivity index (χ2n) is 5.85. The normalized spacial score (nSPS) is 16.7. The Bertz CT molecular complexity index is 585. The Morgan fingerprint density at radius 3 is 2.90 bits per heavy atom. The van der Waals surface area contributed by atoms with Crippen molar-refractivity contribution in [2.45, 2.75) is 19.8 Å². The SMILES string of the molecule is CC(C)c1cc2c(NCCN3CCNCC3)nccn2n1. The van der Waals surface area contributed by atoms with Gasteiger partial charge in [-0.1, -0.05) is 13.8 Å². The zero-order chi connectivity index (χ0) is 14.7. The molecule has 0 unspecified atom stereocenters. The Morgan fingerprint density at radius 1 is 1.33 bits per heavy atom. The van der Waals surface area contributed by atoms with Crippen molar-refractivity contribution in [3.8, 4) is 0 Å². The minimum atomic E-state index is 0.429. The molecule has 0 bridgehead atoms. The first-order chi connectivity index (χ1) is 10.2. The highest BCUT2D eigenvalue weighted by atomic mass is 15.2. The molecule has 3 rings (SSSR count). The number of piperazine rings is 1. The standard InChI is InChI=1S/C15H24N6/c1-12(2)13-11-14-15(18-6-10-21(14)19-13)17-5-9-20-7-3-16-4-8-20/h6,10-12,16H,3-5,7-9H2,1-2H3,(H,17,18). The third kappa shape index (κ3) is 3.33. The van der Waals surface area contributed by atoms with Crippen molar-refractivity contribution < 1.29 is 0 Å². The minimum absolute atomic E-state index is 0.429. The van der Waals surface area contributed by atoms with Gasteiger partial charge in [0.05, 0.1) is 5.69 Å². The van der Waals surface area contributed by atoms with E-state index in [9.17, 15) is 0 Å². The lowest BCUT2D eigenvalue weighted by Crippen LogP contribution is -2.45. The molecule has 6 nitrogen and oxygen atoms in total. The molecule has 1 saturated heterocycles. The van der Waals surface area contributed by atoms with Gasteiger partial charge in [-0.2, -0.15) is 5.10 Å². The molecule has 21 heavy (non-hydrogen) atoms. The van der Waals surface area contributed by atoms with Gasteiger partial charge in [-0.15, -0.1) is 0 Å². The van der Waals surface area contributed by atoms with Crippen molar-refractivity contribution >= 4 is 11.3 Å². The lowest BCUT2D eigenvalue weighted by atomic mass is 10.1. The molecule has 2 N–H and O–H groups in total. The van der Waals surface area contributed by atoms with E-state index >= 15 is 0 Å². The molecule has 0 saturated carbocycles. The first kappa shape index (κ1) is 14.3. The topological polar surface area (TPSA) is 57.5 Å². The molecule has 0 spiro atoms. The van der Waals surface area contributed by atoms with Crippen LogP contribution in [0.1, 0.15) is 25.5 Å². The van der Waals surface area contributed by atoms with Gasteiger partial charge < -0.3 is 10.6 Å². The van der Waals surface area contributed by atoms with Gasteiger partial charge in [0, 0.05) is 51.7 Å². The quantitative estimate of drug-likeness (QED) is 0.865. The molecule has 2 aromatic heterocycles. The van der Waals surface area contributed by atoms with Gasteiger partial charge in [0.1, 0.15) is 5.52 Å². The zero-order valence-electron chi connectivity index (χ0n) is 12.8. The molecule has 2 aromatic rings. The summed E-state index contributed by atoms with van der Waals surface area (Å²) in [5, 5.41) is 11.4. The average molecular weight is 288 g/mol. The van der Waals surface area contributed by atoms with E-state index < -0.39 is 0 Å². The molecular formula is C15H24N6. The predicted molar refractivity (Wildman–Crippen MR) is 84.9 cm³/mol. The summed E-state index contributed by atoms with van der Waals surface area (Å²) in [6.07, 6.45) is 3.71. The summed E-state index contributed by atoms with van der Waals surface area (Å²) < 4.78 is 1.91. The van der Waals surface area contributed by atoms with Crippen LogP contribution in [-0.4, -0.2) is 58.8 Å². The summed E-state index contributed by atoms with van der Waals surface area (Å²) in [5.41, 5.74) is 2.16. The fraction of sp³-hybridized carbons (Fsp3) is 0.600. The Kier molecular flexibility index (Phi) is 4.36. The molecular weight excluding hydrogens is 264 g/mol. The fourth-order valence-corrected chi connectivity index (χ4v) is 2.63. The maximum atomic E-state index is 4.59. The lowest BCUT2D eigenvalue weighted by molar-refractivity contribution is 0.249. The zero-order valence-corrected chi connectivity index (χ0v) is 12.8. The number of anilines is 1. The lowest BCUT2D eigenvalue weighted by Gasteiger charge is -2.27. The van der Waals surface area contributed by atoms with E-state index in [1.165, 1.54) is 0 Å². The number of nitrogens with zero attached hydrogens (tertiary/aromatic N) is 4. The van der Waals surface area contributed by atoms with Gasteiger partial charge in [0.2, 0.25) is 0 Å². The minimum Gasteiger partial charge on any atom is -0.367 e. The van der Waals surface area contributed by atoms with E-state index in [-0.39, 0.29) is 0 Å². The second kappa shape index (κ2) is 6.41. The number of hydrogen-bond donors (Lipinski definition) is 2. The molecule has 114 valence electrons. The van der Waals surface area contributed by atoms with Crippen LogP contribution in [-0.2, 0) is 0 Å². The summed E-state index contributed by atoms with van der Waals surface area (Å²) in [6.45, 7) is 10.7. The van der Waals surface area contributed by atoms with Gasteiger partial charge >= 0.3 is 0 Å². The Labute approximate surface area is 125 Å². The number of nitrogens with one attached hydrogen (secondary N) is 2. The van der Waals surface area contributed by atoms with Crippen LogP contribution in [0.3, 0.4) is 0 Å². The van der Waals surface area contributed by atoms with E-state index in [1.54, 1.807) is 6.20 Å². The van der Waals surface area contributed by atoms with Crippen LogP contribution in [0.4, 0.5) is 5.82 Å². The van der Waals surface area contributed by atoms with E-state index in [0.29, 0.717) is 5.92 Å². The van der Waals surface area contributed by atoms with Crippen LogP contribution in [0.5, 0.6) is 0 Å². The van der Waals surface area contributed by atoms with Crippen molar-refractivity contribution in [3.05, 3.63) is 24.2 Å². The van der Waals surface area contributed by atoms with Gasteiger partial charge in [0.25, 0.3) is 0 Å². The summed E-state index contributed by atoms with van der Waals surface area (Å²) in [7, 11) is 0. The summed E-state index contributed by atoms with van der Waals surface area (Å²) >= 11 is 0. The molecule has 6 heteroatoms. The summed E-state index contributed by atoms with van der Waals surface area (Å²) in [6, 6.07) is 2.13. The van der Waals surface area contributed by atoms with Crippen LogP contribution in [0.15, 0.2) is 18.5 Å². The molecule has 0 aliphatic carbocycles. The maximum absolute atomic E-state index is 4.59. The maximum Gasteiger partial charge on any atom is 0.152 e. The van der Waals surface area contributed by atoms with Crippen molar-refractivity contribution in [3.63, 3.8) is 0 Å². The molecule has 0 amide bonds. The van der Waals surface area contributed by atoms with Crippen molar-refractivity contribution in [1.82, 2.24) is 24.8 Å². The summed E-state index contributed by atoms with van der Waals surface area (Å²) in [4.78, 5) is 6.93. The van der Waals surface area contributed by atoms with Gasteiger partial charge in [-0.05, 0) is 12.0 Å². The molecule has 0 radical (unpaired) electrons. The van der Waals surface area contributed by atoms with Gasteiger partial charge in [-0.3, -0.25) is 4.90 Å². The summed E-state index contributed by atoms with van der Waals surface area (Å²) in [5.74, 6) is 1.35. The third-order valence-corrected chi connectivity index (χ3v) is 3.93. The highest BCUT2D eigenvalue weighted by molar-refractivity contribution is 5.67. The number of rotatable bonds is 5. The highest BCUT2D eigenvalue weighted by Crippen LogP contribution is 2.19.